The summed E-state index contributed by atoms with van der Waals surface area (Å²) in [6.07, 6.45) is -2.03. The van der Waals surface area contributed by atoms with Gasteiger partial charge in [-0.15, -0.1) is 0 Å². The second-order valence-corrected chi connectivity index (χ2v) is 8.47. The highest BCUT2D eigenvalue weighted by Gasteiger charge is 2.32. The molecule has 1 fully saturated rings. The predicted molar refractivity (Wildman–Crippen MR) is 122 cm³/mol. The molecule has 1 saturated heterocycles. The average molecular weight is 469 g/mol. The zero-order chi connectivity index (χ0) is 24.1. The summed E-state index contributed by atoms with van der Waals surface area (Å²) >= 11 is 0. The van der Waals surface area contributed by atoms with Crippen LogP contribution in [0, 0.1) is 0 Å². The number of amides is 2. The number of rotatable bonds is 7. The first-order chi connectivity index (χ1) is 16.4. The molecule has 1 aliphatic carbocycles. The van der Waals surface area contributed by atoms with Gasteiger partial charge in [0.25, 0.3) is 0 Å². The van der Waals surface area contributed by atoms with E-state index in [0.29, 0.717) is 0 Å². The molecule has 2 unspecified atom stereocenters. The number of ether oxygens (including phenoxy) is 2. The standard InChI is InChI=1S/C25H28N2O7/c28-16-13-27(11-12-33-14-16)24(31)22(9-10-23(29)30)26-25(32)34-15-21-19-7-3-1-5-17(19)18-6-2-4-8-20(18)21/h1-8,16,21-22,28H,9-15H2,(H,26,32)(H,29,30). The van der Waals surface area contributed by atoms with Crippen molar-refractivity contribution in [1.82, 2.24) is 10.2 Å². The number of β-amino-alcohol motifs (C(OH)–C–C–N with tert-alkyl or cyclic N) is 1. The summed E-state index contributed by atoms with van der Waals surface area (Å²) in [6.45, 7) is 0.735. The number of alkyl carbamates (subject to hydrolysis) is 1. The van der Waals surface area contributed by atoms with Crippen molar-refractivity contribution in [2.75, 3.05) is 32.9 Å². The maximum absolute atomic E-state index is 13.0. The summed E-state index contributed by atoms with van der Waals surface area (Å²) in [5, 5.41) is 21.5. The molecule has 0 spiro atoms. The van der Waals surface area contributed by atoms with Crippen LogP contribution >= 0.6 is 0 Å². The Morgan fingerprint density at radius 3 is 2.38 bits per heavy atom. The summed E-state index contributed by atoms with van der Waals surface area (Å²) in [6, 6.07) is 14.8. The molecule has 2 aliphatic rings. The first-order valence-corrected chi connectivity index (χ1v) is 11.3. The summed E-state index contributed by atoms with van der Waals surface area (Å²) in [5.41, 5.74) is 4.33. The van der Waals surface area contributed by atoms with Crippen LogP contribution in [0.25, 0.3) is 11.1 Å². The Bertz CT molecular complexity index is 1010. The lowest BCUT2D eigenvalue weighted by Crippen LogP contribution is -2.51. The Morgan fingerprint density at radius 2 is 1.74 bits per heavy atom. The zero-order valence-electron chi connectivity index (χ0n) is 18.7. The number of nitrogens with one attached hydrogen (secondary N) is 1. The molecular weight excluding hydrogens is 440 g/mol. The van der Waals surface area contributed by atoms with Crippen LogP contribution < -0.4 is 5.32 Å². The van der Waals surface area contributed by atoms with Gasteiger partial charge in [-0.2, -0.15) is 0 Å². The lowest BCUT2D eigenvalue weighted by Gasteiger charge is -2.27. The number of carboxylic acid groups (broad SMARTS) is 1. The van der Waals surface area contributed by atoms with E-state index in [0.717, 1.165) is 22.3 Å². The van der Waals surface area contributed by atoms with Crippen molar-refractivity contribution >= 4 is 18.0 Å². The van der Waals surface area contributed by atoms with E-state index in [1.807, 2.05) is 48.5 Å². The Kier molecular flexibility index (Phi) is 7.44. The van der Waals surface area contributed by atoms with Crippen LogP contribution in [0.3, 0.4) is 0 Å². The number of carboxylic acids is 1. The molecule has 1 aliphatic heterocycles. The molecule has 180 valence electrons. The summed E-state index contributed by atoms with van der Waals surface area (Å²) < 4.78 is 10.8. The third-order valence-corrected chi connectivity index (χ3v) is 6.14. The SMILES string of the molecule is O=C(O)CCC(NC(=O)OCC1c2ccccc2-c2ccccc21)C(=O)N1CCOCC(O)C1. The first kappa shape index (κ1) is 23.7. The third kappa shape index (κ3) is 5.37. The molecule has 4 rings (SSSR count). The first-order valence-electron chi connectivity index (χ1n) is 11.3. The van der Waals surface area contributed by atoms with Gasteiger partial charge in [0, 0.05) is 25.4 Å². The number of aliphatic carboxylic acids is 1. The molecule has 0 bridgehead atoms. The fraction of sp³-hybridized carbons (Fsp3) is 0.400. The van der Waals surface area contributed by atoms with E-state index in [1.54, 1.807) is 0 Å². The molecule has 2 aromatic rings. The van der Waals surface area contributed by atoms with Gasteiger partial charge in [0.15, 0.2) is 0 Å². The molecule has 0 aromatic heterocycles. The minimum atomic E-state index is -1.09. The summed E-state index contributed by atoms with van der Waals surface area (Å²) in [5.74, 6) is -1.69. The van der Waals surface area contributed by atoms with Gasteiger partial charge in [0.05, 0.1) is 19.3 Å². The molecular formula is C25H28N2O7. The maximum Gasteiger partial charge on any atom is 0.407 e. The second kappa shape index (κ2) is 10.7. The smallest absolute Gasteiger partial charge is 0.407 e. The van der Waals surface area contributed by atoms with Gasteiger partial charge in [0.2, 0.25) is 5.91 Å². The van der Waals surface area contributed by atoms with E-state index in [9.17, 15) is 19.5 Å². The van der Waals surface area contributed by atoms with Crippen molar-refractivity contribution in [3.63, 3.8) is 0 Å². The Hall–Kier alpha value is -3.43. The van der Waals surface area contributed by atoms with Crippen LogP contribution in [0.4, 0.5) is 4.79 Å². The van der Waals surface area contributed by atoms with E-state index in [4.69, 9.17) is 14.6 Å². The molecule has 9 nitrogen and oxygen atoms in total. The van der Waals surface area contributed by atoms with Crippen molar-refractivity contribution in [2.24, 2.45) is 0 Å². The number of aliphatic hydroxyl groups is 1. The Balaban J connectivity index is 1.43. The molecule has 34 heavy (non-hydrogen) atoms. The van der Waals surface area contributed by atoms with Crippen LogP contribution in [0.1, 0.15) is 29.9 Å². The minimum Gasteiger partial charge on any atom is -0.481 e. The molecule has 2 atom stereocenters. The van der Waals surface area contributed by atoms with Gasteiger partial charge in [-0.05, 0) is 28.7 Å². The minimum absolute atomic E-state index is 0.0504. The van der Waals surface area contributed by atoms with Crippen LogP contribution in [0.15, 0.2) is 48.5 Å². The highest BCUT2D eigenvalue weighted by atomic mass is 16.5. The monoisotopic (exact) mass is 468 g/mol. The normalized spacial score (nSPS) is 18.4. The van der Waals surface area contributed by atoms with Crippen molar-refractivity contribution in [3.05, 3.63) is 59.7 Å². The number of hydrogen-bond acceptors (Lipinski definition) is 6. The largest absolute Gasteiger partial charge is 0.481 e. The van der Waals surface area contributed by atoms with Gasteiger partial charge in [-0.25, -0.2) is 4.79 Å². The van der Waals surface area contributed by atoms with Crippen molar-refractivity contribution < 1.29 is 34.1 Å². The van der Waals surface area contributed by atoms with Crippen molar-refractivity contribution in [2.45, 2.75) is 30.9 Å². The molecule has 0 radical (unpaired) electrons. The lowest BCUT2D eigenvalue weighted by atomic mass is 9.98. The highest BCUT2D eigenvalue weighted by Crippen LogP contribution is 2.44. The van der Waals surface area contributed by atoms with E-state index in [1.165, 1.54) is 4.90 Å². The Morgan fingerprint density at radius 1 is 1.09 bits per heavy atom. The average Bonchev–Trinajstić information content (AvgIpc) is 2.98. The van der Waals surface area contributed by atoms with E-state index in [2.05, 4.69) is 5.32 Å². The van der Waals surface area contributed by atoms with Gasteiger partial charge >= 0.3 is 12.1 Å². The number of fused-ring (bicyclic) bond motifs is 3. The van der Waals surface area contributed by atoms with Crippen molar-refractivity contribution in [3.8, 4) is 11.1 Å². The number of nitrogens with zero attached hydrogens (tertiary/aromatic N) is 1. The van der Waals surface area contributed by atoms with E-state index in [-0.39, 0.29) is 51.7 Å². The molecule has 3 N–H and O–H groups in total. The topological polar surface area (TPSA) is 125 Å². The Labute approximate surface area is 197 Å². The van der Waals surface area contributed by atoms with E-state index >= 15 is 0 Å². The van der Waals surface area contributed by atoms with Gasteiger partial charge < -0.3 is 29.9 Å². The fourth-order valence-electron chi connectivity index (χ4n) is 4.52. The molecule has 0 saturated carbocycles. The number of benzene rings is 2. The predicted octanol–water partition coefficient (Wildman–Crippen LogP) is 1.98. The second-order valence-electron chi connectivity index (χ2n) is 8.47. The quantitative estimate of drug-likeness (QED) is 0.567. The van der Waals surface area contributed by atoms with Crippen molar-refractivity contribution in [1.29, 1.82) is 0 Å². The van der Waals surface area contributed by atoms with Gasteiger partial charge in [-0.1, -0.05) is 48.5 Å². The molecule has 2 amide bonds. The molecule has 2 aromatic carbocycles. The van der Waals surface area contributed by atoms with Crippen LogP contribution in [0.2, 0.25) is 0 Å². The number of carbonyl (C=O) groups excluding carboxylic acids is 2. The molecule has 9 heteroatoms. The number of hydrogen-bond donors (Lipinski definition) is 3. The summed E-state index contributed by atoms with van der Waals surface area (Å²) in [4.78, 5) is 38.2. The number of aliphatic hydroxyl groups excluding tert-OH is 1. The highest BCUT2D eigenvalue weighted by molar-refractivity contribution is 5.86. The third-order valence-electron chi connectivity index (χ3n) is 6.14. The van der Waals surface area contributed by atoms with Crippen LogP contribution in [-0.2, 0) is 19.1 Å². The number of carbonyl (C=O) groups is 3. The fourth-order valence-corrected chi connectivity index (χ4v) is 4.52. The molecule has 1 heterocycles. The zero-order valence-corrected chi connectivity index (χ0v) is 18.7. The van der Waals surface area contributed by atoms with Gasteiger partial charge in [-0.3, -0.25) is 9.59 Å². The lowest BCUT2D eigenvalue weighted by molar-refractivity contribution is -0.138. The van der Waals surface area contributed by atoms with Crippen LogP contribution in [-0.4, -0.2) is 78.1 Å². The van der Waals surface area contributed by atoms with Gasteiger partial charge in [0.1, 0.15) is 12.6 Å². The summed E-state index contributed by atoms with van der Waals surface area (Å²) in [7, 11) is 0. The van der Waals surface area contributed by atoms with Crippen LogP contribution in [0.5, 0.6) is 0 Å². The van der Waals surface area contributed by atoms with E-state index < -0.39 is 30.1 Å². The maximum atomic E-state index is 13.0.